The van der Waals surface area contributed by atoms with Gasteiger partial charge in [-0.2, -0.15) is 0 Å². The van der Waals surface area contributed by atoms with Gasteiger partial charge in [-0.1, -0.05) is 81.1 Å². The van der Waals surface area contributed by atoms with Crippen LogP contribution >= 0.6 is 62.3 Å². The number of ether oxygens (including phenoxy) is 1. The number of hydrogen-bond donors (Lipinski definition) is 0. The zero-order valence-corrected chi connectivity index (χ0v) is 18.0. The lowest BCUT2D eigenvalue weighted by Gasteiger charge is -2.30. The Hall–Kier alpha value is 0.330. The molecule has 136 valence electrons. The molecule has 0 heterocycles. The van der Waals surface area contributed by atoms with Gasteiger partial charge in [-0.25, -0.2) is 0 Å². The Morgan fingerprint density at radius 2 is 1.88 bits per heavy atom. The minimum atomic E-state index is -1.46. The van der Waals surface area contributed by atoms with Crippen LogP contribution in [0, 0.1) is 11.8 Å². The van der Waals surface area contributed by atoms with Crippen molar-refractivity contribution in [1.29, 1.82) is 0 Å². The first kappa shape index (κ1) is 22.4. The maximum absolute atomic E-state index is 12.5. The summed E-state index contributed by atoms with van der Waals surface area (Å²) in [7, 11) is 0. The van der Waals surface area contributed by atoms with Crippen molar-refractivity contribution in [1.82, 2.24) is 0 Å². The molecule has 0 spiro atoms. The summed E-state index contributed by atoms with van der Waals surface area (Å²) in [5.74, 6) is -0.817. The number of esters is 1. The molecular formula is C17H21BrCl4O2. The lowest BCUT2D eigenvalue weighted by Crippen LogP contribution is -2.35. The number of alkyl halides is 5. The first-order valence-electron chi connectivity index (χ1n) is 7.75. The molecule has 2 nitrogen and oxygen atoms in total. The predicted molar refractivity (Wildman–Crippen MR) is 107 cm³/mol. The molecule has 0 bridgehead atoms. The summed E-state index contributed by atoms with van der Waals surface area (Å²) in [5, 5.41) is 0.249. The Morgan fingerprint density at radius 3 is 2.38 bits per heavy atom. The van der Waals surface area contributed by atoms with Gasteiger partial charge in [0, 0.05) is 17.1 Å². The SMILES string of the molecule is CCOC(=O)C(Cc1ccccc1)C(CCBr)C(Cl)CC(Cl)(Cl)Cl. The van der Waals surface area contributed by atoms with Gasteiger partial charge in [-0.15, -0.1) is 11.6 Å². The highest BCUT2D eigenvalue weighted by Gasteiger charge is 2.37. The van der Waals surface area contributed by atoms with Gasteiger partial charge in [0.05, 0.1) is 12.5 Å². The fourth-order valence-electron chi connectivity index (χ4n) is 2.66. The highest BCUT2D eigenvalue weighted by Crippen LogP contribution is 2.39. The molecule has 0 N–H and O–H groups in total. The second-order valence-corrected chi connectivity index (χ2v) is 9.39. The van der Waals surface area contributed by atoms with Crippen molar-refractivity contribution < 1.29 is 9.53 Å². The van der Waals surface area contributed by atoms with Gasteiger partial charge in [0.15, 0.2) is 3.79 Å². The molecule has 0 saturated heterocycles. The van der Waals surface area contributed by atoms with Crippen molar-refractivity contribution in [2.45, 2.75) is 35.4 Å². The molecule has 0 radical (unpaired) electrons. The largest absolute Gasteiger partial charge is 0.466 e. The molecule has 3 atom stereocenters. The van der Waals surface area contributed by atoms with Gasteiger partial charge < -0.3 is 4.74 Å². The van der Waals surface area contributed by atoms with Crippen molar-refractivity contribution in [3.8, 4) is 0 Å². The third-order valence-electron chi connectivity index (χ3n) is 3.74. The van der Waals surface area contributed by atoms with Gasteiger partial charge in [0.2, 0.25) is 0 Å². The monoisotopic (exact) mass is 476 g/mol. The number of carbonyl (C=O) groups excluding carboxylic acids is 1. The van der Waals surface area contributed by atoms with Gasteiger partial charge >= 0.3 is 5.97 Å². The van der Waals surface area contributed by atoms with Gasteiger partial charge in [-0.05, 0) is 31.2 Å². The van der Waals surface area contributed by atoms with Crippen LogP contribution in [0.1, 0.15) is 25.3 Å². The van der Waals surface area contributed by atoms with Crippen molar-refractivity contribution in [3.63, 3.8) is 0 Å². The topological polar surface area (TPSA) is 26.3 Å². The van der Waals surface area contributed by atoms with E-state index in [1.165, 1.54) is 0 Å². The average Bonchev–Trinajstić information content (AvgIpc) is 2.50. The van der Waals surface area contributed by atoms with E-state index >= 15 is 0 Å². The third kappa shape index (κ3) is 8.14. The van der Waals surface area contributed by atoms with Gasteiger partial charge in [0.25, 0.3) is 0 Å². The molecule has 0 fully saturated rings. The summed E-state index contributed by atoms with van der Waals surface area (Å²) in [5.41, 5.74) is 1.05. The standard InChI is InChI=1S/C17H21BrCl4O2/c1-2-24-16(23)14(10-12-6-4-3-5-7-12)13(8-9-18)15(19)11-17(20,21)22/h3-7,13-15H,2,8-11H2,1H3. The fraction of sp³-hybridized carbons (Fsp3) is 0.588. The number of rotatable bonds is 9. The summed E-state index contributed by atoms with van der Waals surface area (Å²) in [6.45, 7) is 2.11. The minimum Gasteiger partial charge on any atom is -0.466 e. The maximum Gasteiger partial charge on any atom is 0.309 e. The van der Waals surface area contributed by atoms with Crippen molar-refractivity contribution in [2.75, 3.05) is 11.9 Å². The number of carbonyl (C=O) groups is 1. The van der Waals surface area contributed by atoms with Crippen LogP contribution in [0.3, 0.4) is 0 Å². The van der Waals surface area contributed by atoms with Crippen molar-refractivity contribution in [3.05, 3.63) is 35.9 Å². The maximum atomic E-state index is 12.5. The lowest BCUT2D eigenvalue weighted by molar-refractivity contribution is -0.150. The molecule has 0 aliphatic carbocycles. The summed E-state index contributed by atoms with van der Waals surface area (Å²) >= 11 is 27.7. The van der Waals surface area contributed by atoms with Gasteiger partial charge in [0.1, 0.15) is 0 Å². The van der Waals surface area contributed by atoms with Crippen LogP contribution in [0.2, 0.25) is 0 Å². The van der Waals surface area contributed by atoms with Crippen LogP contribution in [0.5, 0.6) is 0 Å². The van der Waals surface area contributed by atoms with E-state index in [1.54, 1.807) is 6.92 Å². The van der Waals surface area contributed by atoms with Crippen LogP contribution in [0.15, 0.2) is 30.3 Å². The number of halogens is 5. The number of benzene rings is 1. The van der Waals surface area contributed by atoms with E-state index in [9.17, 15) is 4.79 Å². The summed E-state index contributed by atoms with van der Waals surface area (Å²) < 4.78 is 3.82. The van der Waals surface area contributed by atoms with E-state index in [2.05, 4.69) is 15.9 Å². The average molecular weight is 479 g/mol. The Bertz CT molecular complexity index is 493. The first-order valence-corrected chi connectivity index (χ1v) is 10.4. The second-order valence-electron chi connectivity index (χ2n) is 5.53. The zero-order valence-electron chi connectivity index (χ0n) is 13.4. The lowest BCUT2D eigenvalue weighted by atomic mass is 9.82. The normalized spacial score (nSPS) is 15.6. The Kier molecular flexibility index (Phi) is 10.4. The fourth-order valence-corrected chi connectivity index (χ4v) is 4.46. The molecule has 0 saturated carbocycles. The Balaban J connectivity index is 3.03. The molecule has 7 heteroatoms. The molecule has 3 unspecified atom stereocenters. The van der Waals surface area contributed by atoms with Gasteiger partial charge in [-0.3, -0.25) is 4.79 Å². The molecule has 0 aliphatic rings. The van der Waals surface area contributed by atoms with Crippen LogP contribution in [0.4, 0.5) is 0 Å². The van der Waals surface area contributed by atoms with E-state index in [1.807, 2.05) is 30.3 Å². The molecule has 0 aromatic heterocycles. The predicted octanol–water partition coefficient (Wildman–Crippen LogP) is 6.18. The van der Waals surface area contributed by atoms with Crippen molar-refractivity contribution >= 4 is 68.3 Å². The molecule has 24 heavy (non-hydrogen) atoms. The number of hydrogen-bond acceptors (Lipinski definition) is 2. The Morgan fingerprint density at radius 1 is 1.25 bits per heavy atom. The molecule has 1 aromatic carbocycles. The van der Waals surface area contributed by atoms with E-state index < -0.39 is 9.17 Å². The highest BCUT2D eigenvalue weighted by molar-refractivity contribution is 9.09. The molecule has 1 rings (SSSR count). The second kappa shape index (κ2) is 11.1. The van der Waals surface area contributed by atoms with E-state index in [4.69, 9.17) is 51.1 Å². The first-order chi connectivity index (χ1) is 11.3. The van der Waals surface area contributed by atoms with Crippen molar-refractivity contribution in [2.24, 2.45) is 11.8 Å². The zero-order chi connectivity index (χ0) is 18.2. The summed E-state index contributed by atoms with van der Waals surface area (Å²) in [4.78, 5) is 12.5. The third-order valence-corrected chi connectivity index (χ3v) is 5.14. The molecule has 0 aliphatic heterocycles. The smallest absolute Gasteiger partial charge is 0.309 e. The quantitative estimate of drug-likeness (QED) is 0.313. The van der Waals surface area contributed by atoms with Crippen LogP contribution in [-0.2, 0) is 16.0 Å². The van der Waals surface area contributed by atoms with Crippen LogP contribution < -0.4 is 0 Å². The molecule has 1 aromatic rings. The Labute approximate surface area is 172 Å². The summed E-state index contributed by atoms with van der Waals surface area (Å²) in [6.07, 6.45) is 1.40. The molecule has 0 amide bonds. The van der Waals surface area contributed by atoms with E-state index in [0.717, 1.165) is 5.56 Å². The van der Waals surface area contributed by atoms with Crippen LogP contribution in [0.25, 0.3) is 0 Å². The highest BCUT2D eigenvalue weighted by atomic mass is 79.9. The van der Waals surface area contributed by atoms with E-state index in [-0.39, 0.29) is 24.2 Å². The van der Waals surface area contributed by atoms with E-state index in [0.29, 0.717) is 24.8 Å². The van der Waals surface area contributed by atoms with Crippen LogP contribution in [-0.4, -0.2) is 27.1 Å². The molecular weight excluding hydrogens is 458 g/mol. The summed E-state index contributed by atoms with van der Waals surface area (Å²) in [6, 6.07) is 9.78. The minimum absolute atomic E-state index is 0.166.